The summed E-state index contributed by atoms with van der Waals surface area (Å²) < 4.78 is 5.41. The van der Waals surface area contributed by atoms with Crippen LogP contribution in [0.4, 0.5) is 11.4 Å². The summed E-state index contributed by atoms with van der Waals surface area (Å²) >= 11 is 1.40. The van der Waals surface area contributed by atoms with Crippen LogP contribution in [0.5, 0.6) is 5.75 Å². The molecular formula is C33H31N3O4S. The first-order valence-electron chi connectivity index (χ1n) is 12.9. The van der Waals surface area contributed by atoms with E-state index in [0.717, 1.165) is 21.7 Å². The van der Waals surface area contributed by atoms with Crippen LogP contribution >= 0.6 is 11.8 Å². The molecule has 3 N–H and O–H groups in total. The first-order valence-corrected chi connectivity index (χ1v) is 13.9. The van der Waals surface area contributed by atoms with E-state index in [1.165, 1.54) is 11.8 Å². The van der Waals surface area contributed by atoms with E-state index in [9.17, 15) is 14.4 Å². The largest absolute Gasteiger partial charge is 0.496 e. The van der Waals surface area contributed by atoms with Gasteiger partial charge >= 0.3 is 0 Å². The number of hydrogen-bond acceptors (Lipinski definition) is 5. The van der Waals surface area contributed by atoms with Crippen LogP contribution in [0.25, 0.3) is 6.08 Å². The Kier molecular flexibility index (Phi) is 9.96. The topological polar surface area (TPSA) is 96.5 Å². The second-order valence-corrected chi connectivity index (χ2v) is 10.3. The fourth-order valence-electron chi connectivity index (χ4n) is 4.01. The molecule has 0 saturated heterocycles. The van der Waals surface area contributed by atoms with Gasteiger partial charge in [0.25, 0.3) is 11.8 Å². The highest BCUT2D eigenvalue weighted by molar-refractivity contribution is 8.00. The molecule has 0 aromatic heterocycles. The molecule has 0 aliphatic carbocycles. The maximum Gasteiger partial charge on any atom is 0.272 e. The fraction of sp³-hybridized carbons (Fsp3) is 0.121. The summed E-state index contributed by atoms with van der Waals surface area (Å²) in [6, 6.07) is 29.0. The van der Waals surface area contributed by atoms with Gasteiger partial charge in [0.1, 0.15) is 11.4 Å². The van der Waals surface area contributed by atoms with Crippen LogP contribution in [0, 0.1) is 13.8 Å². The quantitative estimate of drug-likeness (QED) is 0.152. The van der Waals surface area contributed by atoms with Crippen LogP contribution in [0.2, 0.25) is 0 Å². The molecule has 4 aromatic rings. The lowest BCUT2D eigenvalue weighted by molar-refractivity contribution is -0.114. The molecule has 4 rings (SSSR count). The molecule has 0 fully saturated rings. The number of methoxy groups -OCH3 is 1. The van der Waals surface area contributed by atoms with Crippen molar-refractivity contribution < 1.29 is 19.1 Å². The van der Waals surface area contributed by atoms with Crippen LogP contribution in [0.3, 0.4) is 0 Å². The van der Waals surface area contributed by atoms with E-state index in [-0.39, 0.29) is 17.4 Å². The molecule has 7 nitrogen and oxygen atoms in total. The molecule has 208 valence electrons. The first-order chi connectivity index (χ1) is 19.8. The summed E-state index contributed by atoms with van der Waals surface area (Å²) in [4.78, 5) is 39.5. The summed E-state index contributed by atoms with van der Waals surface area (Å²) in [7, 11) is 1.54. The number of carbonyl (C=O) groups is 3. The minimum absolute atomic E-state index is 0.0601. The summed E-state index contributed by atoms with van der Waals surface area (Å²) in [6.45, 7) is 3.98. The van der Waals surface area contributed by atoms with E-state index in [1.54, 1.807) is 61.7 Å². The van der Waals surface area contributed by atoms with Gasteiger partial charge in [-0.2, -0.15) is 0 Å². The van der Waals surface area contributed by atoms with E-state index < -0.39 is 11.8 Å². The Labute approximate surface area is 244 Å². The number of aryl methyl sites for hydroxylation is 2. The molecule has 0 aliphatic rings. The van der Waals surface area contributed by atoms with E-state index in [2.05, 4.69) is 16.0 Å². The van der Waals surface area contributed by atoms with Gasteiger partial charge in [0.15, 0.2) is 0 Å². The van der Waals surface area contributed by atoms with Gasteiger partial charge in [0.05, 0.1) is 12.9 Å². The number of amides is 3. The molecule has 3 amide bonds. The lowest BCUT2D eigenvalue weighted by Crippen LogP contribution is -2.30. The zero-order chi connectivity index (χ0) is 29.2. The number of nitrogens with one attached hydrogen (secondary N) is 3. The molecule has 0 heterocycles. The van der Waals surface area contributed by atoms with Gasteiger partial charge in [0.2, 0.25) is 5.91 Å². The van der Waals surface area contributed by atoms with Crippen LogP contribution in [-0.4, -0.2) is 30.6 Å². The van der Waals surface area contributed by atoms with Crippen molar-refractivity contribution in [3.63, 3.8) is 0 Å². The zero-order valence-electron chi connectivity index (χ0n) is 23.1. The van der Waals surface area contributed by atoms with Crippen LogP contribution in [0.15, 0.2) is 108 Å². The van der Waals surface area contributed by atoms with Crippen molar-refractivity contribution >= 4 is 46.9 Å². The van der Waals surface area contributed by atoms with Crippen LogP contribution in [-0.2, 0) is 9.59 Å². The predicted octanol–water partition coefficient (Wildman–Crippen LogP) is 6.45. The average molecular weight is 566 g/mol. The van der Waals surface area contributed by atoms with Crippen molar-refractivity contribution in [1.29, 1.82) is 0 Å². The number of rotatable bonds is 10. The van der Waals surface area contributed by atoms with E-state index in [4.69, 9.17) is 4.74 Å². The maximum atomic E-state index is 13.3. The fourth-order valence-corrected chi connectivity index (χ4v) is 4.70. The predicted molar refractivity (Wildman–Crippen MR) is 165 cm³/mol. The van der Waals surface area contributed by atoms with Crippen molar-refractivity contribution in [2.45, 2.75) is 18.7 Å². The van der Waals surface area contributed by atoms with E-state index in [1.807, 2.05) is 62.4 Å². The van der Waals surface area contributed by atoms with Crippen molar-refractivity contribution in [2.24, 2.45) is 0 Å². The Morgan fingerprint density at radius 1 is 0.829 bits per heavy atom. The Morgan fingerprint density at radius 2 is 1.54 bits per heavy atom. The Morgan fingerprint density at radius 3 is 2.24 bits per heavy atom. The molecule has 4 aromatic carbocycles. The van der Waals surface area contributed by atoms with E-state index in [0.29, 0.717) is 22.6 Å². The molecular weight excluding hydrogens is 534 g/mol. The number of carbonyl (C=O) groups excluding carboxylic acids is 3. The summed E-state index contributed by atoms with van der Waals surface area (Å²) in [5, 5.41) is 8.52. The van der Waals surface area contributed by atoms with Crippen molar-refractivity contribution in [2.75, 3.05) is 23.5 Å². The minimum atomic E-state index is -0.492. The number of anilines is 2. The van der Waals surface area contributed by atoms with Gasteiger partial charge in [0, 0.05) is 27.4 Å². The molecule has 0 spiro atoms. The molecule has 0 radical (unpaired) electrons. The number of hydrogen-bond donors (Lipinski definition) is 3. The Balaban J connectivity index is 1.42. The van der Waals surface area contributed by atoms with Gasteiger partial charge in [-0.3, -0.25) is 14.4 Å². The number of benzene rings is 4. The smallest absolute Gasteiger partial charge is 0.272 e. The van der Waals surface area contributed by atoms with Gasteiger partial charge in [-0.15, -0.1) is 11.8 Å². The monoisotopic (exact) mass is 565 g/mol. The molecule has 0 atom stereocenters. The highest BCUT2D eigenvalue weighted by Gasteiger charge is 2.16. The third kappa shape index (κ3) is 8.33. The second-order valence-electron chi connectivity index (χ2n) is 9.25. The van der Waals surface area contributed by atoms with Gasteiger partial charge < -0.3 is 20.7 Å². The summed E-state index contributed by atoms with van der Waals surface area (Å²) in [5.41, 5.74) is 4.62. The van der Waals surface area contributed by atoms with Crippen molar-refractivity contribution in [3.05, 3.63) is 125 Å². The van der Waals surface area contributed by atoms with Gasteiger partial charge in [-0.1, -0.05) is 54.1 Å². The van der Waals surface area contributed by atoms with Crippen LogP contribution < -0.4 is 20.7 Å². The molecule has 0 bridgehead atoms. The number of para-hydroxylation sites is 1. The van der Waals surface area contributed by atoms with Crippen LogP contribution in [0.1, 0.15) is 27.0 Å². The number of thioether (sulfide) groups is 1. The third-order valence-electron chi connectivity index (χ3n) is 6.11. The van der Waals surface area contributed by atoms with Crippen molar-refractivity contribution in [3.8, 4) is 5.75 Å². The van der Waals surface area contributed by atoms with Crippen molar-refractivity contribution in [1.82, 2.24) is 5.32 Å². The highest BCUT2D eigenvalue weighted by Crippen LogP contribution is 2.23. The van der Waals surface area contributed by atoms with Gasteiger partial charge in [-0.05, 0) is 74.0 Å². The summed E-state index contributed by atoms with van der Waals surface area (Å²) in [5.74, 6) is -0.188. The Hall–Kier alpha value is -4.82. The van der Waals surface area contributed by atoms with Gasteiger partial charge in [-0.25, -0.2) is 0 Å². The average Bonchev–Trinajstić information content (AvgIpc) is 2.98. The second kappa shape index (κ2) is 14.0. The SMILES string of the molecule is COc1ccccc1/C=C(\NC(=O)c1ccccc1)C(=O)Nc1ccc(SCC(=O)Nc2ccc(C)cc2C)cc1. The molecule has 41 heavy (non-hydrogen) atoms. The molecule has 0 saturated carbocycles. The maximum absolute atomic E-state index is 13.3. The third-order valence-corrected chi connectivity index (χ3v) is 7.12. The lowest BCUT2D eigenvalue weighted by atomic mass is 10.1. The minimum Gasteiger partial charge on any atom is -0.496 e. The zero-order valence-corrected chi connectivity index (χ0v) is 23.9. The summed E-state index contributed by atoms with van der Waals surface area (Å²) in [6.07, 6.45) is 1.58. The molecule has 0 aliphatic heterocycles. The normalized spacial score (nSPS) is 11.0. The molecule has 0 unspecified atom stereocenters. The highest BCUT2D eigenvalue weighted by atomic mass is 32.2. The Bertz CT molecular complexity index is 1570. The van der Waals surface area contributed by atoms with E-state index >= 15 is 0 Å². The standard InChI is InChI=1S/C33H31N3O4S/c1-22-13-18-28(23(2)19-22)35-31(37)21-41-27-16-14-26(15-17-27)34-33(39)29(20-25-11-7-8-12-30(25)40-3)36-32(38)24-9-5-4-6-10-24/h4-20H,21H2,1-3H3,(H,34,39)(H,35,37)(H,36,38)/b29-20-. The number of ether oxygens (including phenoxy) is 1. The molecule has 8 heteroatoms. The first kappa shape index (κ1) is 29.2. The lowest BCUT2D eigenvalue weighted by Gasteiger charge is -2.13.